The van der Waals surface area contributed by atoms with Crippen LogP contribution < -0.4 is 10.6 Å². The SMILES string of the molecule is C=C(/C=C/C=C(/CO)[C@@H]1CC[C@]2([C@@H]1O)[C@@H](CCCO)C1=C(C=O)CCC[C@@H]1C[C@]2(O)CCNC)[C@H]1C/C=C(\C)CN[C@@H](C)Cc2cccc(c2)C1. The van der Waals surface area contributed by atoms with Gasteiger partial charge >= 0.3 is 0 Å². The van der Waals surface area contributed by atoms with Crippen LogP contribution in [-0.4, -0.2) is 77.8 Å². The average molecular weight is 701 g/mol. The molecule has 0 amide bonds. The maximum absolute atomic E-state index is 12.8. The van der Waals surface area contributed by atoms with E-state index in [2.05, 4.69) is 67.5 Å². The first-order chi connectivity index (χ1) is 24.6. The number of allylic oxidation sites excluding steroid dienone is 7. The van der Waals surface area contributed by atoms with E-state index in [1.807, 2.05) is 19.2 Å². The van der Waals surface area contributed by atoms with E-state index in [1.165, 1.54) is 16.7 Å². The molecule has 280 valence electrons. The van der Waals surface area contributed by atoms with Crippen molar-refractivity contribution in [2.45, 2.75) is 109 Å². The van der Waals surface area contributed by atoms with Crippen LogP contribution in [0.5, 0.6) is 0 Å². The lowest BCUT2D eigenvalue weighted by Gasteiger charge is -2.60. The molecule has 1 heterocycles. The van der Waals surface area contributed by atoms with Crippen molar-refractivity contribution >= 4 is 6.29 Å². The molecule has 2 fully saturated rings. The van der Waals surface area contributed by atoms with E-state index in [9.17, 15) is 25.2 Å². The van der Waals surface area contributed by atoms with Gasteiger partial charge in [-0.2, -0.15) is 0 Å². The Morgan fingerprint density at radius 3 is 2.69 bits per heavy atom. The van der Waals surface area contributed by atoms with Gasteiger partial charge in [-0.25, -0.2) is 0 Å². The Labute approximate surface area is 306 Å². The Morgan fingerprint density at radius 2 is 1.96 bits per heavy atom. The average Bonchev–Trinajstić information content (AvgIpc) is 3.47. The van der Waals surface area contributed by atoms with E-state index in [-0.39, 0.29) is 36.9 Å². The second kappa shape index (κ2) is 17.9. The zero-order chi connectivity index (χ0) is 36.6. The summed E-state index contributed by atoms with van der Waals surface area (Å²) >= 11 is 0. The molecular weight excluding hydrogens is 636 g/mol. The van der Waals surface area contributed by atoms with Crippen LogP contribution in [0.2, 0.25) is 0 Å². The number of carbonyl (C=O) groups excluding carboxylic acids is 1. The lowest BCUT2D eigenvalue weighted by atomic mass is 9.47. The second-order valence-corrected chi connectivity index (χ2v) is 16.2. The van der Waals surface area contributed by atoms with Gasteiger partial charge in [0.15, 0.2) is 0 Å². The number of aldehydes is 1. The van der Waals surface area contributed by atoms with Crippen LogP contribution in [0.25, 0.3) is 0 Å². The van der Waals surface area contributed by atoms with Crippen LogP contribution in [0.3, 0.4) is 0 Å². The van der Waals surface area contributed by atoms with Crippen molar-refractivity contribution in [1.82, 2.24) is 10.6 Å². The molecular formula is C44H64N2O5. The molecule has 0 saturated heterocycles. The molecule has 4 aliphatic rings. The molecule has 7 nitrogen and oxygen atoms in total. The summed E-state index contributed by atoms with van der Waals surface area (Å²) in [5, 5.41) is 52.9. The first-order valence-corrected chi connectivity index (χ1v) is 19.6. The van der Waals surface area contributed by atoms with Gasteiger partial charge in [0, 0.05) is 30.5 Å². The Morgan fingerprint density at radius 1 is 1.18 bits per heavy atom. The lowest BCUT2D eigenvalue weighted by Crippen LogP contribution is -2.63. The van der Waals surface area contributed by atoms with Gasteiger partial charge in [0.05, 0.1) is 18.3 Å². The van der Waals surface area contributed by atoms with Crippen molar-refractivity contribution < 1.29 is 25.2 Å². The highest BCUT2D eigenvalue weighted by atomic mass is 16.3. The number of hydrogen-bond acceptors (Lipinski definition) is 7. The summed E-state index contributed by atoms with van der Waals surface area (Å²) in [5.41, 5.74) is 5.64. The summed E-state index contributed by atoms with van der Waals surface area (Å²) in [5.74, 6) is -0.235. The first kappa shape index (κ1) is 39.6. The maximum Gasteiger partial charge on any atom is 0.145 e. The van der Waals surface area contributed by atoms with Gasteiger partial charge in [-0.05, 0) is 145 Å². The standard InChI is InChI=1S/C44H64N2O5/c1-30-16-17-35(25-34-11-6-10-33(24-34)23-32(3)46-27-30)31(2)9-5-13-37(28-48)39-18-19-44(42(39)50)40(15-8-22-47)41-36(12-7-14-38(41)29-49)26-43(44,51)20-21-45-4/h5-6,9-11,13,16,24,29,32,35-36,39-40,42,45-48,50-51H,2,7-8,12,14-15,17-23,25-28H2,1,3-4H3/b9-5+,30-16+,37-13-/t32-,35-,36+,39-,40-,42+,43+,44+/m0/s1. The Hall–Kier alpha value is -2.65. The van der Waals surface area contributed by atoms with Crippen molar-refractivity contribution in [3.05, 3.63) is 94.1 Å². The molecule has 6 N–H and O–H groups in total. The highest BCUT2D eigenvalue weighted by Gasteiger charge is 2.67. The van der Waals surface area contributed by atoms with Crippen molar-refractivity contribution in [3.63, 3.8) is 0 Å². The molecule has 5 rings (SSSR count). The molecule has 1 aromatic carbocycles. The summed E-state index contributed by atoms with van der Waals surface area (Å²) in [7, 11) is 1.88. The summed E-state index contributed by atoms with van der Waals surface area (Å²) in [4.78, 5) is 12.4. The fourth-order valence-corrected chi connectivity index (χ4v) is 10.3. The summed E-state index contributed by atoms with van der Waals surface area (Å²) in [6.07, 6.45) is 17.1. The van der Waals surface area contributed by atoms with Crippen LogP contribution in [-0.2, 0) is 17.6 Å². The fraction of sp³-hybridized carbons (Fsp3) is 0.614. The molecule has 8 atom stereocenters. The van der Waals surface area contributed by atoms with Crippen LogP contribution in [0.15, 0.2) is 83.0 Å². The molecule has 51 heavy (non-hydrogen) atoms. The molecule has 3 aliphatic carbocycles. The molecule has 1 spiro atoms. The zero-order valence-electron chi connectivity index (χ0n) is 31.4. The number of nitrogens with one attached hydrogen (secondary N) is 2. The quantitative estimate of drug-likeness (QED) is 0.0908. The van der Waals surface area contributed by atoms with Crippen LogP contribution in [0.1, 0.15) is 89.2 Å². The number of carbonyl (C=O) groups is 1. The van der Waals surface area contributed by atoms with Crippen molar-refractivity contribution in [3.8, 4) is 0 Å². The molecule has 2 saturated carbocycles. The van der Waals surface area contributed by atoms with E-state index >= 15 is 0 Å². The predicted octanol–water partition coefficient (Wildman–Crippen LogP) is 5.93. The third-order valence-corrected chi connectivity index (χ3v) is 12.9. The smallest absolute Gasteiger partial charge is 0.145 e. The summed E-state index contributed by atoms with van der Waals surface area (Å²) < 4.78 is 0. The maximum atomic E-state index is 12.8. The molecule has 2 bridgehead atoms. The number of fused-ring (bicyclic) bond motifs is 3. The van der Waals surface area contributed by atoms with Crippen molar-refractivity contribution in [2.24, 2.45) is 29.1 Å². The topological polar surface area (TPSA) is 122 Å². The van der Waals surface area contributed by atoms with E-state index in [1.54, 1.807) is 0 Å². The first-order valence-electron chi connectivity index (χ1n) is 19.6. The third-order valence-electron chi connectivity index (χ3n) is 12.9. The van der Waals surface area contributed by atoms with Crippen molar-refractivity contribution in [2.75, 3.05) is 33.4 Å². The van der Waals surface area contributed by atoms with Gasteiger partial charge < -0.3 is 31.1 Å². The largest absolute Gasteiger partial charge is 0.396 e. The molecule has 0 radical (unpaired) electrons. The molecule has 7 heteroatoms. The summed E-state index contributed by atoms with van der Waals surface area (Å²) in [6, 6.07) is 9.29. The van der Waals surface area contributed by atoms with E-state index in [4.69, 9.17) is 0 Å². The van der Waals surface area contributed by atoms with E-state index in [0.717, 1.165) is 73.6 Å². The highest BCUT2D eigenvalue weighted by molar-refractivity contribution is 5.75. The number of aliphatic hydroxyl groups excluding tert-OH is 3. The second-order valence-electron chi connectivity index (χ2n) is 16.2. The number of benzene rings is 1. The van der Waals surface area contributed by atoms with Gasteiger partial charge in [0.25, 0.3) is 0 Å². The van der Waals surface area contributed by atoms with E-state index < -0.39 is 17.1 Å². The summed E-state index contributed by atoms with van der Waals surface area (Å²) in [6.45, 7) is 10.2. The molecule has 1 aliphatic heterocycles. The Kier molecular flexibility index (Phi) is 13.9. The Bertz CT molecular complexity index is 1490. The monoisotopic (exact) mass is 700 g/mol. The van der Waals surface area contributed by atoms with E-state index in [0.29, 0.717) is 51.1 Å². The predicted molar refractivity (Wildman–Crippen MR) is 206 cm³/mol. The number of aliphatic hydroxyl groups is 4. The Balaban J connectivity index is 1.43. The van der Waals surface area contributed by atoms with Crippen LogP contribution in [0, 0.1) is 29.1 Å². The van der Waals surface area contributed by atoms with Crippen LogP contribution in [0.4, 0.5) is 0 Å². The number of hydrogen-bond donors (Lipinski definition) is 6. The highest BCUT2D eigenvalue weighted by Crippen LogP contribution is 2.66. The van der Waals surface area contributed by atoms with Gasteiger partial charge in [-0.15, -0.1) is 0 Å². The van der Waals surface area contributed by atoms with Gasteiger partial charge in [-0.3, -0.25) is 4.79 Å². The molecule has 0 aromatic heterocycles. The molecule has 0 unspecified atom stereocenters. The van der Waals surface area contributed by atoms with Gasteiger partial charge in [-0.1, -0.05) is 71.9 Å². The number of rotatable bonds is 12. The minimum Gasteiger partial charge on any atom is -0.396 e. The normalized spacial score (nSPS) is 34.5. The minimum absolute atomic E-state index is 0.0176. The van der Waals surface area contributed by atoms with Gasteiger partial charge in [0.2, 0.25) is 0 Å². The zero-order valence-corrected chi connectivity index (χ0v) is 31.4. The van der Waals surface area contributed by atoms with Crippen molar-refractivity contribution in [1.29, 1.82) is 0 Å². The minimum atomic E-state index is -1.15. The van der Waals surface area contributed by atoms with Crippen LogP contribution >= 0.6 is 0 Å². The fourth-order valence-electron chi connectivity index (χ4n) is 10.3. The molecule has 1 aromatic rings. The van der Waals surface area contributed by atoms with Gasteiger partial charge in [0.1, 0.15) is 6.29 Å². The third kappa shape index (κ3) is 8.61. The lowest BCUT2D eigenvalue weighted by molar-refractivity contribution is -0.190.